The van der Waals surface area contributed by atoms with Crippen LogP contribution in [-0.2, 0) is 27.5 Å². The third-order valence-electron chi connectivity index (χ3n) is 4.03. The van der Waals surface area contributed by atoms with Crippen molar-refractivity contribution in [2.75, 3.05) is 6.26 Å². The molecule has 0 unspecified atom stereocenters. The first-order valence-corrected chi connectivity index (χ1v) is 10.5. The lowest BCUT2D eigenvalue weighted by Gasteiger charge is -2.10. The molecule has 6 nitrogen and oxygen atoms in total. The fourth-order valence-electron chi connectivity index (χ4n) is 2.43. The molecule has 1 atom stereocenters. The zero-order chi connectivity index (χ0) is 17.0. The number of nitrogens with one attached hydrogen (secondary N) is 2. The Morgan fingerprint density at radius 1 is 1.13 bits per heavy atom. The fraction of sp³-hybridized carbons (Fsp3) is 0.600. The lowest BCUT2D eigenvalue weighted by Crippen LogP contribution is -2.47. The first-order chi connectivity index (χ1) is 10.8. The fourth-order valence-corrected chi connectivity index (χ4v) is 4.03. The minimum atomic E-state index is -3.49. The molecule has 2 amide bonds. The van der Waals surface area contributed by atoms with Gasteiger partial charge >= 0.3 is 0 Å². The van der Waals surface area contributed by atoms with Gasteiger partial charge in [-0.05, 0) is 44.2 Å². The van der Waals surface area contributed by atoms with Gasteiger partial charge in [0.1, 0.15) is 5.25 Å². The molecule has 0 fully saturated rings. The van der Waals surface area contributed by atoms with E-state index >= 15 is 0 Å². The number of sulfone groups is 1. The zero-order valence-electron chi connectivity index (χ0n) is 13.3. The summed E-state index contributed by atoms with van der Waals surface area (Å²) >= 11 is 1.45. The maximum Gasteiger partial charge on any atom is 0.279 e. The van der Waals surface area contributed by atoms with Crippen molar-refractivity contribution in [2.24, 2.45) is 0 Å². The number of hydrazine groups is 1. The van der Waals surface area contributed by atoms with E-state index < -0.39 is 26.9 Å². The molecular weight excluding hydrogens is 336 g/mol. The smallest absolute Gasteiger partial charge is 0.272 e. The molecule has 0 saturated heterocycles. The first-order valence-electron chi connectivity index (χ1n) is 7.69. The third kappa shape index (κ3) is 4.78. The predicted octanol–water partition coefficient (Wildman–Crippen LogP) is 1.60. The van der Waals surface area contributed by atoms with Gasteiger partial charge in [-0.1, -0.05) is 12.8 Å². The highest BCUT2D eigenvalue weighted by atomic mass is 32.2. The maximum absolute atomic E-state index is 12.1. The highest BCUT2D eigenvalue weighted by molar-refractivity contribution is 7.92. The van der Waals surface area contributed by atoms with E-state index in [1.54, 1.807) is 0 Å². The van der Waals surface area contributed by atoms with Crippen LogP contribution in [0.2, 0.25) is 0 Å². The highest BCUT2D eigenvalue weighted by Gasteiger charge is 2.24. The molecule has 0 aromatic carbocycles. The van der Waals surface area contributed by atoms with Crippen LogP contribution in [0.5, 0.6) is 0 Å². The maximum atomic E-state index is 12.1. The number of hydrogen-bond acceptors (Lipinski definition) is 5. The van der Waals surface area contributed by atoms with Gasteiger partial charge in [0.2, 0.25) is 0 Å². The Balaban J connectivity index is 1.98. The lowest BCUT2D eigenvalue weighted by atomic mass is 10.00. The minimum Gasteiger partial charge on any atom is -0.272 e. The van der Waals surface area contributed by atoms with Crippen molar-refractivity contribution in [1.29, 1.82) is 0 Å². The van der Waals surface area contributed by atoms with Crippen LogP contribution in [0.15, 0.2) is 6.07 Å². The quantitative estimate of drug-likeness (QED) is 0.803. The summed E-state index contributed by atoms with van der Waals surface area (Å²) in [4.78, 5) is 25.6. The van der Waals surface area contributed by atoms with E-state index in [1.807, 2.05) is 6.07 Å². The van der Waals surface area contributed by atoms with Gasteiger partial charge in [0.25, 0.3) is 11.8 Å². The third-order valence-corrected chi connectivity index (χ3v) is 6.77. The van der Waals surface area contributed by atoms with Gasteiger partial charge in [0.15, 0.2) is 9.84 Å². The number of hydrogen-bond donors (Lipinski definition) is 2. The van der Waals surface area contributed by atoms with Gasteiger partial charge in [-0.2, -0.15) is 0 Å². The molecular formula is C15H22N2O4S2. The van der Waals surface area contributed by atoms with E-state index in [2.05, 4.69) is 10.9 Å². The molecule has 128 valence electrons. The van der Waals surface area contributed by atoms with Crippen molar-refractivity contribution in [2.45, 2.75) is 50.7 Å². The van der Waals surface area contributed by atoms with Gasteiger partial charge in [-0.3, -0.25) is 20.4 Å². The summed E-state index contributed by atoms with van der Waals surface area (Å²) in [6.07, 6.45) is 7.67. The molecule has 23 heavy (non-hydrogen) atoms. The Morgan fingerprint density at radius 2 is 1.78 bits per heavy atom. The molecule has 0 saturated carbocycles. The van der Waals surface area contributed by atoms with Gasteiger partial charge < -0.3 is 0 Å². The number of carbonyl (C=O) groups is 2. The summed E-state index contributed by atoms with van der Waals surface area (Å²) in [7, 11) is -3.49. The molecule has 1 aromatic rings. The molecule has 0 aliphatic heterocycles. The van der Waals surface area contributed by atoms with Crippen LogP contribution in [-0.4, -0.2) is 31.7 Å². The van der Waals surface area contributed by atoms with Crippen molar-refractivity contribution in [1.82, 2.24) is 10.9 Å². The van der Waals surface area contributed by atoms with Crippen LogP contribution in [0.3, 0.4) is 0 Å². The molecule has 0 bridgehead atoms. The van der Waals surface area contributed by atoms with Crippen molar-refractivity contribution in [3.05, 3.63) is 21.4 Å². The van der Waals surface area contributed by atoms with Crippen LogP contribution in [0.4, 0.5) is 0 Å². The Bertz CT molecular complexity index is 669. The molecule has 1 aromatic heterocycles. The number of fused-ring (bicyclic) bond motifs is 1. The first kappa shape index (κ1) is 17.9. The molecule has 0 spiro atoms. The topological polar surface area (TPSA) is 92.3 Å². The lowest BCUT2D eigenvalue weighted by molar-refractivity contribution is -0.121. The van der Waals surface area contributed by atoms with Gasteiger partial charge in [0.05, 0.1) is 4.88 Å². The Kier molecular flexibility index (Phi) is 5.80. The van der Waals surface area contributed by atoms with Crippen LogP contribution < -0.4 is 10.9 Å². The van der Waals surface area contributed by atoms with Gasteiger partial charge in [0, 0.05) is 11.1 Å². The second-order valence-electron chi connectivity index (χ2n) is 5.89. The summed E-state index contributed by atoms with van der Waals surface area (Å²) in [5.41, 5.74) is 5.70. The molecule has 1 aliphatic carbocycles. The zero-order valence-corrected chi connectivity index (χ0v) is 15.0. The molecule has 1 aliphatic rings. The normalized spacial score (nSPS) is 16.6. The SMILES string of the molecule is C[C@@H](C(=O)NNC(=O)c1cc2c(s1)CCCCCC2)S(C)(=O)=O. The van der Waals surface area contributed by atoms with E-state index in [0.29, 0.717) is 4.88 Å². The van der Waals surface area contributed by atoms with E-state index in [1.165, 1.54) is 41.5 Å². The van der Waals surface area contributed by atoms with Crippen LogP contribution in [0.1, 0.15) is 52.7 Å². The number of thiophene rings is 1. The molecule has 0 radical (unpaired) electrons. The van der Waals surface area contributed by atoms with Crippen LogP contribution in [0.25, 0.3) is 0 Å². The van der Waals surface area contributed by atoms with Crippen molar-refractivity contribution >= 4 is 33.0 Å². The molecule has 8 heteroatoms. The molecule has 1 heterocycles. The van der Waals surface area contributed by atoms with Crippen LogP contribution >= 0.6 is 11.3 Å². The number of aryl methyl sites for hydroxylation is 2. The number of rotatable bonds is 3. The minimum absolute atomic E-state index is 0.407. The molecule has 2 N–H and O–H groups in total. The summed E-state index contributed by atoms with van der Waals surface area (Å²) in [6, 6.07) is 1.88. The van der Waals surface area contributed by atoms with E-state index in [9.17, 15) is 18.0 Å². The second kappa shape index (κ2) is 7.44. The summed E-state index contributed by atoms with van der Waals surface area (Å²) < 4.78 is 22.6. The number of carbonyl (C=O) groups excluding carboxylic acids is 2. The summed E-state index contributed by atoms with van der Waals surface area (Å²) in [5.74, 6) is -1.15. The van der Waals surface area contributed by atoms with E-state index in [4.69, 9.17) is 0 Å². The monoisotopic (exact) mass is 358 g/mol. The summed E-state index contributed by atoms with van der Waals surface area (Å²) in [5, 5.41) is -1.20. The van der Waals surface area contributed by atoms with Crippen LogP contribution in [0, 0.1) is 0 Å². The van der Waals surface area contributed by atoms with Crippen molar-refractivity contribution in [3.63, 3.8) is 0 Å². The average molecular weight is 358 g/mol. The van der Waals surface area contributed by atoms with Crippen molar-refractivity contribution < 1.29 is 18.0 Å². The Morgan fingerprint density at radius 3 is 2.43 bits per heavy atom. The Hall–Kier alpha value is -1.41. The molecule has 2 rings (SSSR count). The van der Waals surface area contributed by atoms with E-state index in [-0.39, 0.29) is 0 Å². The predicted molar refractivity (Wildman–Crippen MR) is 90.1 cm³/mol. The second-order valence-corrected chi connectivity index (χ2v) is 9.39. The summed E-state index contributed by atoms with van der Waals surface area (Å²) in [6.45, 7) is 1.29. The largest absolute Gasteiger partial charge is 0.279 e. The standard InChI is InChI=1S/C15H22N2O4S2/c1-10(23(2,20)21)14(18)16-17-15(19)13-9-11-7-5-3-4-6-8-12(11)22-13/h9-10H,3-8H2,1-2H3,(H,16,18)(H,17,19)/t10-/m0/s1. The Labute approximate surface area is 140 Å². The van der Waals surface area contributed by atoms with Gasteiger partial charge in [-0.25, -0.2) is 8.42 Å². The number of amides is 2. The van der Waals surface area contributed by atoms with Gasteiger partial charge in [-0.15, -0.1) is 11.3 Å². The average Bonchev–Trinajstić information content (AvgIpc) is 2.85. The van der Waals surface area contributed by atoms with E-state index in [0.717, 1.165) is 31.9 Å². The highest BCUT2D eigenvalue weighted by Crippen LogP contribution is 2.28. The van der Waals surface area contributed by atoms with Crippen molar-refractivity contribution in [3.8, 4) is 0 Å².